The molecule has 0 atom stereocenters. The Labute approximate surface area is 222 Å². The van der Waals surface area contributed by atoms with Gasteiger partial charge in [-0.2, -0.15) is 4.31 Å². The van der Waals surface area contributed by atoms with Crippen LogP contribution in [0.1, 0.15) is 43.2 Å². The summed E-state index contributed by atoms with van der Waals surface area (Å²) in [7, 11) is -3.28. The second kappa shape index (κ2) is 11.5. The number of rotatable bonds is 9. The monoisotopic (exact) mass is 542 g/mol. The molecule has 0 radical (unpaired) electrons. The van der Waals surface area contributed by atoms with Crippen molar-refractivity contribution in [2.75, 3.05) is 43.4 Å². The van der Waals surface area contributed by atoms with Crippen LogP contribution in [0, 0.1) is 6.92 Å². The summed E-state index contributed by atoms with van der Waals surface area (Å²) >= 11 is 1.57. The van der Waals surface area contributed by atoms with Gasteiger partial charge in [0.2, 0.25) is 10.0 Å². The Morgan fingerprint density at radius 3 is 2.68 bits per heavy atom. The molecule has 2 aromatic heterocycles. The zero-order valence-corrected chi connectivity index (χ0v) is 22.8. The third-order valence-corrected chi connectivity index (χ3v) is 9.88. The Morgan fingerprint density at radius 2 is 1.97 bits per heavy atom. The van der Waals surface area contributed by atoms with Gasteiger partial charge in [-0.25, -0.2) is 18.4 Å². The molecule has 0 aliphatic carbocycles. The average molecular weight is 543 g/mol. The van der Waals surface area contributed by atoms with Crippen LogP contribution in [-0.2, 0) is 10.0 Å². The van der Waals surface area contributed by atoms with Gasteiger partial charge in [0.15, 0.2) is 0 Å². The first kappa shape index (κ1) is 26.1. The number of aromatic nitrogens is 2. The molecule has 37 heavy (non-hydrogen) atoms. The number of hydrogen-bond acceptors (Lipinski definition) is 8. The summed E-state index contributed by atoms with van der Waals surface area (Å²) in [5.41, 5.74) is 4.37. The first-order valence-corrected chi connectivity index (χ1v) is 15.4. The van der Waals surface area contributed by atoms with Crippen LogP contribution in [0.2, 0.25) is 0 Å². The van der Waals surface area contributed by atoms with Gasteiger partial charge in [0.05, 0.1) is 16.0 Å². The van der Waals surface area contributed by atoms with Gasteiger partial charge in [0.1, 0.15) is 11.9 Å². The van der Waals surface area contributed by atoms with Gasteiger partial charge in [-0.3, -0.25) is 0 Å². The Bertz CT molecular complexity index is 1350. The molecule has 2 aliphatic heterocycles. The second-order valence-corrected chi connectivity index (χ2v) is 12.8. The lowest BCUT2D eigenvalue weighted by Gasteiger charge is -2.32. The molecule has 2 aliphatic rings. The third-order valence-electron chi connectivity index (χ3n) is 7.04. The minimum absolute atomic E-state index is 0.0252. The second-order valence-electron chi connectivity index (χ2n) is 9.74. The van der Waals surface area contributed by atoms with Gasteiger partial charge in [-0.05, 0) is 61.1 Å². The lowest BCUT2D eigenvalue weighted by Crippen LogP contribution is -2.38. The number of sulfonamides is 1. The normalized spacial score (nSPS) is 17.8. The number of ether oxygens (including phenoxy) is 1. The molecule has 1 aromatic carbocycles. The van der Waals surface area contributed by atoms with Crippen LogP contribution in [0.3, 0.4) is 0 Å². The Balaban J connectivity index is 1.18. The quantitative estimate of drug-likeness (QED) is 0.404. The number of nitrogens with zero attached hydrogens (tertiary/aromatic N) is 4. The van der Waals surface area contributed by atoms with Crippen LogP contribution < -0.4 is 9.64 Å². The molecule has 1 fully saturated rings. The van der Waals surface area contributed by atoms with E-state index in [2.05, 4.69) is 34.1 Å². The van der Waals surface area contributed by atoms with Gasteiger partial charge in [-0.15, -0.1) is 0 Å². The summed E-state index contributed by atoms with van der Waals surface area (Å²) in [5.74, 6) is 1.12. The molecule has 0 spiro atoms. The molecule has 0 amide bonds. The molecule has 1 N–H and O–H groups in total. The molecule has 3 aromatic rings. The zero-order chi connectivity index (χ0) is 25.8. The smallest absolute Gasteiger partial charge is 0.274 e. The van der Waals surface area contributed by atoms with E-state index in [0.29, 0.717) is 37.5 Å². The third kappa shape index (κ3) is 6.31. The van der Waals surface area contributed by atoms with Gasteiger partial charge >= 0.3 is 0 Å². The molecule has 4 heterocycles. The maximum atomic E-state index is 12.5. The molecular formula is C27H34N4O4S2. The lowest BCUT2D eigenvalue weighted by atomic mass is 10.0. The van der Waals surface area contributed by atoms with Gasteiger partial charge in [0, 0.05) is 51.8 Å². The van der Waals surface area contributed by atoms with E-state index in [-0.39, 0.29) is 18.5 Å². The fourth-order valence-corrected chi connectivity index (χ4v) is 7.26. The summed E-state index contributed by atoms with van der Waals surface area (Å²) in [6.45, 7) is 4.78. The first-order chi connectivity index (χ1) is 17.9. The number of aliphatic hydroxyl groups excluding tert-OH is 1. The van der Waals surface area contributed by atoms with E-state index in [0.717, 1.165) is 53.1 Å². The van der Waals surface area contributed by atoms with E-state index in [9.17, 15) is 8.42 Å². The predicted octanol–water partition coefficient (Wildman–Crippen LogP) is 4.24. The Morgan fingerprint density at radius 1 is 1.14 bits per heavy atom. The fraction of sp³-hybridized carbons (Fsp3) is 0.481. The van der Waals surface area contributed by atoms with Crippen molar-refractivity contribution >= 4 is 43.0 Å². The van der Waals surface area contributed by atoms with E-state index < -0.39 is 10.0 Å². The molecule has 1 saturated heterocycles. The van der Waals surface area contributed by atoms with Crippen molar-refractivity contribution in [1.82, 2.24) is 14.3 Å². The minimum atomic E-state index is -3.28. The predicted molar refractivity (Wildman–Crippen MR) is 149 cm³/mol. The topological polar surface area (TPSA) is 95.9 Å². The summed E-state index contributed by atoms with van der Waals surface area (Å²) in [4.78, 5) is 11.6. The minimum Gasteiger partial charge on any atom is -0.467 e. The van der Waals surface area contributed by atoms with Crippen LogP contribution >= 0.6 is 11.3 Å². The molecule has 0 unspecified atom stereocenters. The summed E-state index contributed by atoms with van der Waals surface area (Å²) in [6.07, 6.45) is 7.63. The number of thiazole rings is 1. The molecular weight excluding hydrogens is 508 g/mol. The van der Waals surface area contributed by atoms with Gasteiger partial charge in [0.25, 0.3) is 5.19 Å². The van der Waals surface area contributed by atoms with E-state index in [1.165, 1.54) is 5.56 Å². The number of hydrogen-bond donors (Lipinski definition) is 1. The van der Waals surface area contributed by atoms with Crippen molar-refractivity contribution in [3.05, 3.63) is 53.7 Å². The highest BCUT2D eigenvalue weighted by atomic mass is 32.2. The number of anilines is 1. The highest BCUT2D eigenvalue weighted by molar-refractivity contribution is 7.89. The lowest BCUT2D eigenvalue weighted by molar-refractivity contribution is 0.170. The van der Waals surface area contributed by atoms with Crippen molar-refractivity contribution in [3.63, 3.8) is 0 Å². The van der Waals surface area contributed by atoms with Crippen LogP contribution in [0.5, 0.6) is 5.19 Å². The van der Waals surface area contributed by atoms with Gasteiger partial charge in [-0.1, -0.05) is 29.5 Å². The maximum absolute atomic E-state index is 12.5. The van der Waals surface area contributed by atoms with Crippen molar-refractivity contribution in [2.45, 2.75) is 45.1 Å². The van der Waals surface area contributed by atoms with Crippen LogP contribution in [0.15, 0.2) is 42.6 Å². The fourth-order valence-electron chi connectivity index (χ4n) is 4.84. The summed E-state index contributed by atoms with van der Waals surface area (Å²) < 4.78 is 34.0. The number of aliphatic hydroxyl groups is 1. The molecule has 5 rings (SSSR count). The molecule has 198 valence electrons. The number of piperidine rings is 1. The SMILES string of the molecule is Cc1ccc(N2CCC(Oc3nc4ccc(C5=CCN(S(=O)(=O)CCCCO)CC5)cc4s3)CC2)nc1. The number of unbranched alkanes of at least 4 members (excludes halogenated alkanes) is 1. The van der Waals surface area contributed by atoms with E-state index >= 15 is 0 Å². The first-order valence-electron chi connectivity index (χ1n) is 12.9. The number of fused-ring (bicyclic) bond motifs is 1. The maximum Gasteiger partial charge on any atom is 0.274 e. The standard InChI is InChI=1S/C27H34N4O4S2/c1-20-4-7-26(28-19-20)30-12-10-23(11-13-30)35-27-29-24-6-5-22(18-25(24)36-27)21-8-14-31(15-9-21)37(33,34)17-3-2-16-32/h4-8,18-19,23,32H,2-3,9-17H2,1H3. The average Bonchev–Trinajstić information content (AvgIpc) is 3.31. The molecule has 0 bridgehead atoms. The largest absolute Gasteiger partial charge is 0.467 e. The Hall–Kier alpha value is -2.53. The zero-order valence-electron chi connectivity index (χ0n) is 21.2. The van der Waals surface area contributed by atoms with Crippen molar-refractivity contribution < 1.29 is 18.3 Å². The molecule has 10 heteroatoms. The number of pyridine rings is 1. The molecule has 0 saturated carbocycles. The van der Waals surface area contributed by atoms with Gasteiger partial charge < -0.3 is 14.7 Å². The van der Waals surface area contributed by atoms with Crippen molar-refractivity contribution in [1.29, 1.82) is 0 Å². The van der Waals surface area contributed by atoms with Crippen LogP contribution in [0.4, 0.5) is 5.82 Å². The van der Waals surface area contributed by atoms with Crippen LogP contribution in [0.25, 0.3) is 15.8 Å². The van der Waals surface area contributed by atoms with E-state index in [1.54, 1.807) is 15.6 Å². The van der Waals surface area contributed by atoms with E-state index in [4.69, 9.17) is 14.8 Å². The van der Waals surface area contributed by atoms with Crippen LogP contribution in [-0.4, -0.2) is 72.4 Å². The highest BCUT2D eigenvalue weighted by Crippen LogP contribution is 2.33. The summed E-state index contributed by atoms with van der Waals surface area (Å²) in [5, 5.41) is 9.62. The summed E-state index contributed by atoms with van der Waals surface area (Å²) in [6, 6.07) is 10.4. The molecule has 8 nitrogen and oxygen atoms in total. The van der Waals surface area contributed by atoms with E-state index in [1.807, 2.05) is 25.3 Å². The van der Waals surface area contributed by atoms with Crippen molar-refractivity contribution in [2.24, 2.45) is 0 Å². The number of aryl methyl sites for hydroxylation is 1. The number of benzene rings is 1. The highest BCUT2D eigenvalue weighted by Gasteiger charge is 2.25. The Kier molecular flexibility index (Phi) is 8.09. The van der Waals surface area contributed by atoms with Crippen molar-refractivity contribution in [3.8, 4) is 5.19 Å².